The van der Waals surface area contributed by atoms with Crippen molar-refractivity contribution in [3.63, 3.8) is 0 Å². The van der Waals surface area contributed by atoms with Crippen LogP contribution in [0.1, 0.15) is 16.7 Å². The van der Waals surface area contributed by atoms with E-state index in [-0.39, 0.29) is 19.7 Å². The van der Waals surface area contributed by atoms with Crippen molar-refractivity contribution in [2.24, 2.45) is 0 Å². The number of carbonyl (C=O) groups is 1. The molecule has 0 spiro atoms. The monoisotopic (exact) mass is 424 g/mol. The van der Waals surface area contributed by atoms with Gasteiger partial charge >= 0.3 is 0 Å². The van der Waals surface area contributed by atoms with Gasteiger partial charge in [0.25, 0.3) is 0 Å². The predicted octanol–water partition coefficient (Wildman–Crippen LogP) is 3.23. The molecule has 1 N–H and O–H groups in total. The molecule has 0 unspecified atom stereocenters. The number of halogens is 1. The van der Waals surface area contributed by atoms with Gasteiger partial charge in [0.15, 0.2) is 0 Å². The van der Waals surface area contributed by atoms with E-state index < -0.39 is 15.9 Å². The van der Waals surface area contributed by atoms with E-state index >= 15 is 0 Å². The van der Waals surface area contributed by atoms with Gasteiger partial charge in [-0.25, -0.2) is 8.42 Å². The lowest BCUT2D eigenvalue weighted by atomic mass is 10.1. The van der Waals surface area contributed by atoms with Crippen molar-refractivity contribution in [3.8, 4) is 5.75 Å². The van der Waals surface area contributed by atoms with E-state index in [2.05, 4.69) is 5.32 Å². The van der Waals surface area contributed by atoms with Gasteiger partial charge < -0.3 is 10.1 Å². The maximum absolute atomic E-state index is 12.3. The number of rotatable bonds is 8. The number of ether oxygens (including phenoxy) is 1. The van der Waals surface area contributed by atoms with Crippen LogP contribution < -0.4 is 14.4 Å². The SMILES string of the molecule is Cc1cc(C)cc(N(CC(=O)NCCOc2ccc(C)c(Cl)c2)S(C)(=O)=O)c1. The second kappa shape index (κ2) is 9.30. The summed E-state index contributed by atoms with van der Waals surface area (Å²) in [6.07, 6.45) is 1.09. The van der Waals surface area contributed by atoms with E-state index in [0.717, 1.165) is 27.3 Å². The Kier molecular flexibility index (Phi) is 7.32. The third-order valence-electron chi connectivity index (χ3n) is 4.02. The van der Waals surface area contributed by atoms with Gasteiger partial charge in [0.05, 0.1) is 18.5 Å². The fourth-order valence-electron chi connectivity index (χ4n) is 2.70. The molecule has 0 aromatic heterocycles. The fourth-order valence-corrected chi connectivity index (χ4v) is 3.71. The molecule has 0 saturated heterocycles. The molecule has 0 aliphatic carbocycles. The Balaban J connectivity index is 1.94. The number of anilines is 1. The molecule has 0 fully saturated rings. The Morgan fingerprint density at radius 2 is 1.75 bits per heavy atom. The molecule has 0 aliphatic rings. The Labute approximate surface area is 171 Å². The van der Waals surface area contributed by atoms with Crippen LogP contribution >= 0.6 is 11.6 Å². The number of nitrogens with zero attached hydrogens (tertiary/aromatic N) is 1. The van der Waals surface area contributed by atoms with Crippen molar-refractivity contribution in [3.05, 3.63) is 58.1 Å². The molecule has 2 aromatic carbocycles. The van der Waals surface area contributed by atoms with Crippen molar-refractivity contribution in [2.75, 3.05) is 30.3 Å². The van der Waals surface area contributed by atoms with Crippen molar-refractivity contribution >= 4 is 33.2 Å². The second-order valence-corrected chi connectivity index (χ2v) is 9.04. The van der Waals surface area contributed by atoms with Gasteiger partial charge in [-0.2, -0.15) is 0 Å². The molecular weight excluding hydrogens is 400 g/mol. The maximum Gasteiger partial charge on any atom is 0.240 e. The molecule has 0 saturated carbocycles. The number of amides is 1. The third kappa shape index (κ3) is 6.42. The summed E-state index contributed by atoms with van der Waals surface area (Å²) >= 11 is 6.05. The average Bonchev–Trinajstić information content (AvgIpc) is 2.57. The summed E-state index contributed by atoms with van der Waals surface area (Å²) in [6.45, 7) is 5.85. The van der Waals surface area contributed by atoms with Gasteiger partial charge in [0, 0.05) is 5.02 Å². The minimum Gasteiger partial charge on any atom is -0.492 e. The molecule has 0 atom stereocenters. The van der Waals surface area contributed by atoms with E-state index in [1.165, 1.54) is 0 Å². The molecule has 2 aromatic rings. The molecule has 8 heteroatoms. The van der Waals surface area contributed by atoms with E-state index in [1.54, 1.807) is 24.3 Å². The highest BCUT2D eigenvalue weighted by Crippen LogP contribution is 2.22. The number of benzene rings is 2. The van der Waals surface area contributed by atoms with Gasteiger partial charge in [0.2, 0.25) is 15.9 Å². The minimum atomic E-state index is -3.60. The number of nitrogens with one attached hydrogen (secondary N) is 1. The van der Waals surface area contributed by atoms with Gasteiger partial charge in [-0.05, 0) is 61.7 Å². The first-order valence-electron chi connectivity index (χ1n) is 8.78. The summed E-state index contributed by atoms with van der Waals surface area (Å²) in [7, 11) is -3.60. The molecule has 0 heterocycles. The molecule has 6 nitrogen and oxygen atoms in total. The standard InChI is InChI=1S/C20H25ClN2O4S/c1-14-9-15(2)11-17(10-14)23(28(4,25)26)13-20(24)22-7-8-27-18-6-5-16(3)19(21)12-18/h5-6,9-12H,7-8,13H2,1-4H3,(H,22,24). The predicted molar refractivity (Wildman–Crippen MR) is 113 cm³/mol. The first kappa shape index (κ1) is 22.0. The second-order valence-electron chi connectivity index (χ2n) is 6.72. The van der Waals surface area contributed by atoms with Crippen molar-refractivity contribution in [1.82, 2.24) is 5.32 Å². The molecule has 0 radical (unpaired) electrons. The lowest BCUT2D eigenvalue weighted by Gasteiger charge is -2.22. The minimum absolute atomic E-state index is 0.244. The van der Waals surface area contributed by atoms with Crippen molar-refractivity contribution in [1.29, 1.82) is 0 Å². The number of sulfonamides is 1. The van der Waals surface area contributed by atoms with E-state index in [1.807, 2.05) is 32.9 Å². The lowest BCUT2D eigenvalue weighted by Crippen LogP contribution is -2.41. The van der Waals surface area contributed by atoms with Crippen molar-refractivity contribution < 1.29 is 17.9 Å². The van der Waals surface area contributed by atoms with Crippen LogP contribution in [0.3, 0.4) is 0 Å². The van der Waals surface area contributed by atoms with Crippen LogP contribution in [0, 0.1) is 20.8 Å². The molecular formula is C20H25ClN2O4S. The molecule has 0 aliphatic heterocycles. The van der Waals surface area contributed by atoms with E-state index in [0.29, 0.717) is 16.5 Å². The highest BCUT2D eigenvalue weighted by atomic mass is 35.5. The Morgan fingerprint density at radius 3 is 2.32 bits per heavy atom. The highest BCUT2D eigenvalue weighted by Gasteiger charge is 2.21. The largest absolute Gasteiger partial charge is 0.492 e. The number of aryl methyl sites for hydroxylation is 3. The van der Waals surface area contributed by atoms with Crippen LogP contribution in [0.15, 0.2) is 36.4 Å². The molecule has 28 heavy (non-hydrogen) atoms. The van der Waals surface area contributed by atoms with Crippen LogP contribution in [0.2, 0.25) is 5.02 Å². The quantitative estimate of drug-likeness (QED) is 0.660. The maximum atomic E-state index is 12.3. The van der Waals surface area contributed by atoms with Crippen LogP contribution in [-0.2, 0) is 14.8 Å². The molecule has 1 amide bonds. The Hall–Kier alpha value is -2.25. The van der Waals surface area contributed by atoms with Crippen LogP contribution in [0.5, 0.6) is 5.75 Å². The zero-order valence-electron chi connectivity index (χ0n) is 16.5. The summed E-state index contributed by atoms with van der Waals surface area (Å²) < 4.78 is 31.0. The van der Waals surface area contributed by atoms with Crippen LogP contribution in [0.25, 0.3) is 0 Å². The van der Waals surface area contributed by atoms with Gasteiger partial charge in [-0.3, -0.25) is 9.10 Å². The average molecular weight is 425 g/mol. The first-order chi connectivity index (χ1) is 13.1. The summed E-state index contributed by atoms with van der Waals surface area (Å²) in [5.41, 5.74) is 3.28. The fraction of sp³-hybridized carbons (Fsp3) is 0.350. The first-order valence-corrected chi connectivity index (χ1v) is 11.0. The molecule has 152 valence electrons. The number of hydrogen-bond acceptors (Lipinski definition) is 4. The zero-order chi connectivity index (χ0) is 20.9. The van der Waals surface area contributed by atoms with Gasteiger partial charge in [0.1, 0.15) is 18.9 Å². The Morgan fingerprint density at radius 1 is 1.11 bits per heavy atom. The summed E-state index contributed by atoms with van der Waals surface area (Å²) in [5.74, 6) is 0.202. The highest BCUT2D eigenvalue weighted by molar-refractivity contribution is 7.92. The zero-order valence-corrected chi connectivity index (χ0v) is 18.0. The van der Waals surface area contributed by atoms with Crippen molar-refractivity contribution in [2.45, 2.75) is 20.8 Å². The van der Waals surface area contributed by atoms with Gasteiger partial charge in [-0.1, -0.05) is 23.7 Å². The summed E-state index contributed by atoms with van der Waals surface area (Å²) in [5, 5.41) is 3.29. The van der Waals surface area contributed by atoms with Crippen LogP contribution in [-0.4, -0.2) is 40.3 Å². The normalized spacial score (nSPS) is 11.2. The topological polar surface area (TPSA) is 75.7 Å². The lowest BCUT2D eigenvalue weighted by molar-refractivity contribution is -0.119. The smallest absolute Gasteiger partial charge is 0.240 e. The third-order valence-corrected chi connectivity index (χ3v) is 5.57. The Bertz CT molecular complexity index is 940. The molecule has 2 rings (SSSR count). The summed E-state index contributed by atoms with van der Waals surface area (Å²) in [4.78, 5) is 12.3. The summed E-state index contributed by atoms with van der Waals surface area (Å²) in [6, 6.07) is 10.8. The van der Waals surface area contributed by atoms with E-state index in [4.69, 9.17) is 16.3 Å². The number of hydrogen-bond donors (Lipinski definition) is 1. The van der Waals surface area contributed by atoms with Gasteiger partial charge in [-0.15, -0.1) is 0 Å². The van der Waals surface area contributed by atoms with Crippen LogP contribution in [0.4, 0.5) is 5.69 Å². The number of carbonyl (C=O) groups excluding carboxylic acids is 1. The molecule has 0 bridgehead atoms. The van der Waals surface area contributed by atoms with E-state index in [9.17, 15) is 13.2 Å².